The number of hydrogen-bond acceptors (Lipinski definition) is 3. The molecule has 0 spiro atoms. The maximum Gasteiger partial charge on any atom is 0.132 e. The molecule has 3 nitrogen and oxygen atoms in total. The summed E-state index contributed by atoms with van der Waals surface area (Å²) in [5, 5.41) is 9.34. The Bertz CT molecular complexity index is 413. The second kappa shape index (κ2) is 4.96. The average molecular weight is 246 g/mol. The van der Waals surface area contributed by atoms with E-state index < -0.39 is 0 Å². The normalized spacial score (nSPS) is 19.5. The van der Waals surface area contributed by atoms with Crippen LogP contribution in [0.3, 0.4) is 0 Å². The van der Waals surface area contributed by atoms with Crippen molar-refractivity contribution >= 4 is 0 Å². The van der Waals surface area contributed by atoms with Gasteiger partial charge in [0.2, 0.25) is 0 Å². The zero-order valence-electron chi connectivity index (χ0n) is 11.1. The number of nitrogens with zero attached hydrogens (tertiary/aromatic N) is 2. The van der Waals surface area contributed by atoms with Gasteiger partial charge >= 0.3 is 0 Å². The van der Waals surface area contributed by atoms with Crippen LogP contribution in [0, 0.1) is 11.8 Å². The Morgan fingerprint density at radius 1 is 1.28 bits per heavy atom. The van der Waals surface area contributed by atoms with E-state index in [1.807, 2.05) is 6.20 Å². The molecule has 2 saturated carbocycles. The summed E-state index contributed by atoms with van der Waals surface area (Å²) in [6.07, 6.45) is 9.30. The first kappa shape index (κ1) is 12.1. The number of aliphatic hydroxyl groups is 1. The summed E-state index contributed by atoms with van der Waals surface area (Å²) in [4.78, 5) is 9.33. The van der Waals surface area contributed by atoms with Crippen LogP contribution < -0.4 is 0 Å². The fraction of sp³-hybridized carbons (Fsp3) is 0.733. The molecule has 0 aliphatic heterocycles. The van der Waals surface area contributed by atoms with Crippen LogP contribution in [0.1, 0.15) is 62.0 Å². The van der Waals surface area contributed by atoms with Crippen molar-refractivity contribution in [1.29, 1.82) is 0 Å². The van der Waals surface area contributed by atoms with E-state index in [4.69, 9.17) is 4.98 Å². The molecule has 3 rings (SSSR count). The Balaban J connectivity index is 1.88. The monoisotopic (exact) mass is 246 g/mol. The third kappa shape index (κ3) is 2.41. The van der Waals surface area contributed by atoms with Crippen molar-refractivity contribution in [1.82, 2.24) is 9.97 Å². The quantitative estimate of drug-likeness (QED) is 0.839. The fourth-order valence-electron chi connectivity index (χ4n) is 2.92. The molecule has 2 fully saturated rings. The Hall–Kier alpha value is -0.960. The minimum absolute atomic E-state index is 0.0626. The van der Waals surface area contributed by atoms with E-state index in [2.05, 4.69) is 11.9 Å². The summed E-state index contributed by atoms with van der Waals surface area (Å²) in [6.45, 7) is 2.22. The lowest BCUT2D eigenvalue weighted by Crippen LogP contribution is -2.12. The lowest BCUT2D eigenvalue weighted by Gasteiger charge is -2.16. The molecular formula is C15H22N2O. The van der Waals surface area contributed by atoms with Gasteiger partial charge in [-0.15, -0.1) is 0 Å². The van der Waals surface area contributed by atoms with E-state index >= 15 is 0 Å². The Labute approximate surface area is 109 Å². The van der Waals surface area contributed by atoms with Gasteiger partial charge in [-0.1, -0.05) is 13.3 Å². The van der Waals surface area contributed by atoms with Crippen molar-refractivity contribution in [2.45, 2.75) is 58.0 Å². The highest BCUT2D eigenvalue weighted by atomic mass is 16.3. The minimum atomic E-state index is 0.0626. The van der Waals surface area contributed by atoms with Gasteiger partial charge < -0.3 is 5.11 Å². The van der Waals surface area contributed by atoms with Crippen LogP contribution >= 0.6 is 0 Å². The molecule has 1 heterocycles. The third-order valence-electron chi connectivity index (χ3n) is 4.19. The average Bonchev–Trinajstić information content (AvgIpc) is 3.25. The number of rotatable bonds is 6. The Kier molecular flexibility index (Phi) is 3.33. The highest BCUT2D eigenvalue weighted by Crippen LogP contribution is 2.53. The smallest absolute Gasteiger partial charge is 0.132 e. The first-order valence-corrected chi connectivity index (χ1v) is 7.29. The predicted molar refractivity (Wildman–Crippen MR) is 70.1 cm³/mol. The number of aliphatic hydroxyl groups excluding tert-OH is 1. The Morgan fingerprint density at radius 2 is 1.94 bits per heavy atom. The molecule has 1 aromatic rings. The predicted octanol–water partition coefficient (Wildman–Crippen LogP) is 2.83. The second-order valence-electron chi connectivity index (χ2n) is 5.81. The molecule has 18 heavy (non-hydrogen) atoms. The molecule has 0 radical (unpaired) electrons. The van der Waals surface area contributed by atoms with Gasteiger partial charge in [0, 0.05) is 23.4 Å². The van der Waals surface area contributed by atoms with Crippen molar-refractivity contribution in [3.05, 3.63) is 23.3 Å². The molecule has 0 amide bonds. The minimum Gasteiger partial charge on any atom is -0.392 e. The summed E-state index contributed by atoms with van der Waals surface area (Å²) in [5.41, 5.74) is 1.97. The zero-order chi connectivity index (χ0) is 12.5. The van der Waals surface area contributed by atoms with Gasteiger partial charge in [-0.05, 0) is 43.9 Å². The van der Waals surface area contributed by atoms with Crippen molar-refractivity contribution in [3.8, 4) is 0 Å². The van der Waals surface area contributed by atoms with Crippen LogP contribution in [0.2, 0.25) is 0 Å². The summed E-state index contributed by atoms with van der Waals surface area (Å²) in [7, 11) is 0. The van der Waals surface area contributed by atoms with Crippen molar-refractivity contribution in [3.63, 3.8) is 0 Å². The highest BCUT2D eigenvalue weighted by molar-refractivity contribution is 5.20. The molecular weight excluding hydrogens is 224 g/mol. The van der Waals surface area contributed by atoms with Gasteiger partial charge in [0.1, 0.15) is 5.82 Å². The van der Waals surface area contributed by atoms with Crippen molar-refractivity contribution in [2.75, 3.05) is 0 Å². The summed E-state index contributed by atoms with van der Waals surface area (Å²) in [6, 6.07) is 0. The maximum atomic E-state index is 9.34. The summed E-state index contributed by atoms with van der Waals surface area (Å²) in [5.74, 6) is 3.34. The van der Waals surface area contributed by atoms with Crippen LogP contribution in [-0.4, -0.2) is 15.1 Å². The molecule has 0 unspecified atom stereocenters. The first-order chi connectivity index (χ1) is 8.83. The summed E-state index contributed by atoms with van der Waals surface area (Å²) < 4.78 is 0. The van der Waals surface area contributed by atoms with Crippen LogP contribution in [0.15, 0.2) is 6.20 Å². The second-order valence-corrected chi connectivity index (χ2v) is 5.81. The van der Waals surface area contributed by atoms with Crippen LogP contribution in [-0.2, 0) is 13.0 Å². The van der Waals surface area contributed by atoms with E-state index in [0.29, 0.717) is 5.92 Å². The van der Waals surface area contributed by atoms with Crippen LogP contribution in [0.25, 0.3) is 0 Å². The van der Waals surface area contributed by atoms with Crippen LogP contribution in [0.5, 0.6) is 0 Å². The Morgan fingerprint density at radius 3 is 2.44 bits per heavy atom. The highest BCUT2D eigenvalue weighted by Gasteiger charge is 2.43. The molecule has 0 aromatic carbocycles. The van der Waals surface area contributed by atoms with E-state index in [1.165, 1.54) is 25.7 Å². The van der Waals surface area contributed by atoms with Gasteiger partial charge in [0.05, 0.1) is 6.61 Å². The van der Waals surface area contributed by atoms with Gasteiger partial charge in [0.25, 0.3) is 0 Å². The lowest BCUT2D eigenvalue weighted by atomic mass is 9.96. The first-order valence-electron chi connectivity index (χ1n) is 7.29. The summed E-state index contributed by atoms with van der Waals surface area (Å²) >= 11 is 0. The van der Waals surface area contributed by atoms with Gasteiger partial charge in [-0.2, -0.15) is 0 Å². The molecule has 3 heteroatoms. The zero-order valence-corrected chi connectivity index (χ0v) is 11.1. The number of aryl methyl sites for hydroxylation is 1. The van der Waals surface area contributed by atoms with Crippen LogP contribution in [0.4, 0.5) is 0 Å². The molecule has 98 valence electrons. The SMILES string of the molecule is CCCc1nc(C(C2CC2)C2CC2)ncc1CO. The molecule has 0 bridgehead atoms. The van der Waals surface area contributed by atoms with E-state index in [1.54, 1.807) is 0 Å². The van der Waals surface area contributed by atoms with E-state index in [9.17, 15) is 5.11 Å². The fourth-order valence-corrected chi connectivity index (χ4v) is 2.92. The van der Waals surface area contributed by atoms with Gasteiger partial charge in [-0.25, -0.2) is 9.97 Å². The van der Waals surface area contributed by atoms with Gasteiger partial charge in [-0.3, -0.25) is 0 Å². The molecule has 1 N–H and O–H groups in total. The number of aromatic nitrogens is 2. The molecule has 1 aromatic heterocycles. The van der Waals surface area contributed by atoms with Crippen molar-refractivity contribution in [2.24, 2.45) is 11.8 Å². The molecule has 0 saturated heterocycles. The van der Waals surface area contributed by atoms with E-state index in [0.717, 1.165) is 41.8 Å². The maximum absolute atomic E-state index is 9.34. The molecule has 2 aliphatic carbocycles. The molecule has 2 aliphatic rings. The standard InChI is InChI=1S/C15H22N2O/c1-2-3-13-12(9-18)8-16-15(17-13)14(10-4-5-10)11-6-7-11/h8,10-11,14,18H,2-7,9H2,1H3. The van der Waals surface area contributed by atoms with Crippen molar-refractivity contribution < 1.29 is 5.11 Å². The van der Waals surface area contributed by atoms with Gasteiger partial charge in [0.15, 0.2) is 0 Å². The third-order valence-corrected chi connectivity index (χ3v) is 4.19. The number of hydrogen-bond donors (Lipinski definition) is 1. The molecule has 0 atom stereocenters. The lowest BCUT2D eigenvalue weighted by molar-refractivity contribution is 0.279. The largest absolute Gasteiger partial charge is 0.392 e. The topological polar surface area (TPSA) is 46.0 Å². The van der Waals surface area contributed by atoms with E-state index in [-0.39, 0.29) is 6.61 Å².